The fraction of sp³-hybridized carbons (Fsp3) is 0.571. The van der Waals surface area contributed by atoms with Gasteiger partial charge in [0.25, 0.3) is 0 Å². The molecule has 0 aromatic heterocycles. The first-order valence-electron chi connectivity index (χ1n) is 6.31. The minimum Gasteiger partial charge on any atom is -0.396 e. The van der Waals surface area contributed by atoms with Crippen LogP contribution in [0.4, 0.5) is 5.69 Å². The second kappa shape index (κ2) is 5.78. The summed E-state index contributed by atoms with van der Waals surface area (Å²) < 4.78 is 0. The molecular weight excluding hydrogens is 230 g/mol. The van der Waals surface area contributed by atoms with Crippen LogP contribution in [-0.4, -0.2) is 24.0 Å². The average molecular weight is 251 g/mol. The van der Waals surface area contributed by atoms with E-state index in [4.69, 9.17) is 0 Å². The molecule has 94 valence electrons. The Kier molecular flexibility index (Phi) is 4.35. The predicted molar refractivity (Wildman–Crippen MR) is 74.8 cm³/mol. The van der Waals surface area contributed by atoms with Crippen molar-refractivity contribution in [1.29, 1.82) is 0 Å². The first-order chi connectivity index (χ1) is 8.20. The van der Waals surface area contributed by atoms with E-state index in [1.165, 1.54) is 16.1 Å². The monoisotopic (exact) mass is 251 g/mol. The van der Waals surface area contributed by atoms with Crippen LogP contribution in [0, 0.1) is 11.8 Å². The molecule has 0 radical (unpaired) electrons. The standard InChI is InChI=1S/C14H21NOS/c1-10(2)12(9-16)7-11-3-4-14-13(8-11)15-5-6-17-14/h3-4,8,10,12,15-16H,5-7,9H2,1-2H3. The summed E-state index contributed by atoms with van der Waals surface area (Å²) in [6.45, 7) is 5.67. The molecule has 2 N–H and O–H groups in total. The lowest BCUT2D eigenvalue weighted by molar-refractivity contribution is 0.189. The van der Waals surface area contributed by atoms with Gasteiger partial charge in [0, 0.05) is 29.5 Å². The normalized spacial score (nSPS) is 16.5. The van der Waals surface area contributed by atoms with Crippen LogP contribution >= 0.6 is 11.8 Å². The van der Waals surface area contributed by atoms with E-state index >= 15 is 0 Å². The van der Waals surface area contributed by atoms with Crippen molar-refractivity contribution in [2.45, 2.75) is 25.2 Å². The number of anilines is 1. The van der Waals surface area contributed by atoms with E-state index in [0.29, 0.717) is 11.8 Å². The van der Waals surface area contributed by atoms with Crippen LogP contribution < -0.4 is 5.32 Å². The third-order valence-corrected chi connectivity index (χ3v) is 4.47. The molecule has 17 heavy (non-hydrogen) atoms. The lowest BCUT2D eigenvalue weighted by Crippen LogP contribution is -2.17. The average Bonchev–Trinajstić information content (AvgIpc) is 2.35. The first kappa shape index (κ1) is 12.8. The number of aliphatic hydroxyl groups is 1. The van der Waals surface area contributed by atoms with E-state index < -0.39 is 0 Å². The molecule has 1 aromatic carbocycles. The number of hydrogen-bond acceptors (Lipinski definition) is 3. The summed E-state index contributed by atoms with van der Waals surface area (Å²) in [6, 6.07) is 6.65. The molecule has 1 aromatic rings. The molecule has 0 fully saturated rings. The van der Waals surface area contributed by atoms with Crippen LogP contribution in [0.25, 0.3) is 0 Å². The van der Waals surface area contributed by atoms with Crippen molar-refractivity contribution in [2.24, 2.45) is 11.8 Å². The van der Waals surface area contributed by atoms with E-state index in [1.807, 2.05) is 11.8 Å². The van der Waals surface area contributed by atoms with Crippen molar-refractivity contribution in [1.82, 2.24) is 0 Å². The van der Waals surface area contributed by atoms with Crippen molar-refractivity contribution >= 4 is 17.4 Å². The van der Waals surface area contributed by atoms with Gasteiger partial charge in [-0.2, -0.15) is 0 Å². The summed E-state index contributed by atoms with van der Waals surface area (Å²) in [5, 5.41) is 12.8. The van der Waals surface area contributed by atoms with Gasteiger partial charge >= 0.3 is 0 Å². The third-order valence-electron chi connectivity index (χ3n) is 3.39. The highest BCUT2D eigenvalue weighted by molar-refractivity contribution is 7.99. The van der Waals surface area contributed by atoms with Gasteiger partial charge in [-0.1, -0.05) is 19.9 Å². The predicted octanol–water partition coefficient (Wildman–Crippen LogP) is 3.01. The van der Waals surface area contributed by atoms with Crippen LogP contribution in [0.3, 0.4) is 0 Å². The van der Waals surface area contributed by atoms with Crippen LogP contribution in [0.5, 0.6) is 0 Å². The second-order valence-electron chi connectivity index (χ2n) is 5.00. The Balaban J connectivity index is 2.11. The number of fused-ring (bicyclic) bond motifs is 1. The number of nitrogens with one attached hydrogen (secondary N) is 1. The molecule has 2 rings (SSSR count). The van der Waals surface area contributed by atoms with Crippen LogP contribution in [0.2, 0.25) is 0 Å². The quantitative estimate of drug-likeness (QED) is 0.863. The van der Waals surface area contributed by atoms with Crippen LogP contribution in [-0.2, 0) is 6.42 Å². The lowest BCUT2D eigenvalue weighted by atomic mass is 9.90. The molecule has 1 aliphatic heterocycles. The zero-order chi connectivity index (χ0) is 12.3. The number of rotatable bonds is 4. The van der Waals surface area contributed by atoms with Gasteiger partial charge in [0.2, 0.25) is 0 Å². The molecule has 0 spiro atoms. The van der Waals surface area contributed by atoms with Gasteiger partial charge in [-0.15, -0.1) is 11.8 Å². The summed E-state index contributed by atoms with van der Waals surface area (Å²) in [6.07, 6.45) is 0.966. The van der Waals surface area contributed by atoms with E-state index in [-0.39, 0.29) is 6.61 Å². The maximum Gasteiger partial charge on any atom is 0.0481 e. The van der Waals surface area contributed by atoms with Crippen molar-refractivity contribution in [3.8, 4) is 0 Å². The number of benzene rings is 1. The second-order valence-corrected chi connectivity index (χ2v) is 6.13. The lowest BCUT2D eigenvalue weighted by Gasteiger charge is -2.21. The third kappa shape index (κ3) is 3.17. The highest BCUT2D eigenvalue weighted by atomic mass is 32.2. The molecule has 1 heterocycles. The minimum atomic E-state index is 0.275. The van der Waals surface area contributed by atoms with Crippen LogP contribution in [0.1, 0.15) is 19.4 Å². The van der Waals surface area contributed by atoms with Gasteiger partial charge in [-0.25, -0.2) is 0 Å². The Labute approximate surface area is 108 Å². The SMILES string of the molecule is CC(C)C(CO)Cc1ccc2c(c1)NCCS2. The Hall–Kier alpha value is -0.670. The molecule has 0 amide bonds. The molecular formula is C14H21NOS. The van der Waals surface area contributed by atoms with E-state index in [1.54, 1.807) is 0 Å². The topological polar surface area (TPSA) is 32.3 Å². The van der Waals surface area contributed by atoms with Crippen molar-refractivity contribution in [3.63, 3.8) is 0 Å². The summed E-state index contributed by atoms with van der Waals surface area (Å²) in [5.74, 6) is 2.04. The highest BCUT2D eigenvalue weighted by Gasteiger charge is 2.15. The molecule has 1 unspecified atom stereocenters. The summed E-state index contributed by atoms with van der Waals surface area (Å²) in [5.41, 5.74) is 2.59. The van der Waals surface area contributed by atoms with E-state index in [0.717, 1.165) is 18.7 Å². The van der Waals surface area contributed by atoms with Gasteiger partial charge in [-0.05, 0) is 36.0 Å². The minimum absolute atomic E-state index is 0.275. The Morgan fingerprint density at radius 2 is 2.24 bits per heavy atom. The molecule has 3 heteroatoms. The smallest absolute Gasteiger partial charge is 0.0481 e. The van der Waals surface area contributed by atoms with Gasteiger partial charge in [0.1, 0.15) is 0 Å². The van der Waals surface area contributed by atoms with E-state index in [9.17, 15) is 5.11 Å². The van der Waals surface area contributed by atoms with Gasteiger partial charge < -0.3 is 10.4 Å². The molecule has 1 aliphatic rings. The Bertz CT molecular complexity index is 378. The van der Waals surface area contributed by atoms with Crippen molar-refractivity contribution in [2.75, 3.05) is 24.2 Å². The molecule has 1 atom stereocenters. The zero-order valence-electron chi connectivity index (χ0n) is 10.6. The summed E-state index contributed by atoms with van der Waals surface area (Å²) in [7, 11) is 0. The Morgan fingerprint density at radius 1 is 1.41 bits per heavy atom. The summed E-state index contributed by atoms with van der Waals surface area (Å²) in [4.78, 5) is 1.35. The first-order valence-corrected chi connectivity index (χ1v) is 7.29. The van der Waals surface area contributed by atoms with Gasteiger partial charge in [0.05, 0.1) is 0 Å². The molecule has 0 saturated carbocycles. The zero-order valence-corrected chi connectivity index (χ0v) is 11.4. The largest absolute Gasteiger partial charge is 0.396 e. The number of aliphatic hydroxyl groups excluding tert-OH is 1. The maximum absolute atomic E-state index is 9.38. The Morgan fingerprint density at radius 3 is 2.94 bits per heavy atom. The van der Waals surface area contributed by atoms with Crippen LogP contribution in [0.15, 0.2) is 23.1 Å². The highest BCUT2D eigenvalue weighted by Crippen LogP contribution is 2.32. The molecule has 0 saturated heterocycles. The van der Waals surface area contributed by atoms with E-state index in [2.05, 4.69) is 37.4 Å². The fourth-order valence-electron chi connectivity index (χ4n) is 2.13. The number of hydrogen-bond donors (Lipinski definition) is 2. The maximum atomic E-state index is 9.38. The van der Waals surface area contributed by atoms with Gasteiger partial charge in [0.15, 0.2) is 0 Å². The molecule has 2 nitrogen and oxygen atoms in total. The van der Waals surface area contributed by atoms with Crippen molar-refractivity contribution in [3.05, 3.63) is 23.8 Å². The fourth-order valence-corrected chi connectivity index (χ4v) is 3.00. The molecule has 0 aliphatic carbocycles. The van der Waals surface area contributed by atoms with Crippen molar-refractivity contribution < 1.29 is 5.11 Å². The molecule has 0 bridgehead atoms. The summed E-state index contributed by atoms with van der Waals surface area (Å²) >= 11 is 1.92. The van der Waals surface area contributed by atoms with Gasteiger partial charge in [-0.3, -0.25) is 0 Å². The number of thioether (sulfide) groups is 1.